The maximum Gasteiger partial charge on any atom is -0.00987 e. The van der Waals surface area contributed by atoms with E-state index in [0.29, 0.717) is 0 Å². The summed E-state index contributed by atoms with van der Waals surface area (Å²) < 4.78 is 0. The third-order valence-corrected chi connectivity index (χ3v) is 5.73. The normalized spacial score (nSPS) is 11.5. The summed E-state index contributed by atoms with van der Waals surface area (Å²) in [5.74, 6) is 0. The van der Waals surface area contributed by atoms with Gasteiger partial charge in [-0.1, -0.05) is 84.4 Å². The zero-order chi connectivity index (χ0) is 18.5. The van der Waals surface area contributed by atoms with Crippen LogP contribution < -0.4 is 0 Å². The highest BCUT2D eigenvalue weighted by Gasteiger charge is 2.12. The standard InChI is InChI=1S/C27H22/c1-17-15-18(2)27(19(3)16-17)26-10-6-9-22-24-12-11-20-7-4-5-8-21(20)23(24)13-14-25(22)26/h4-16H,1-3H3. The smallest absolute Gasteiger partial charge is 0.00987 e. The first kappa shape index (κ1) is 16.1. The number of fused-ring (bicyclic) bond motifs is 5. The first-order valence-electron chi connectivity index (χ1n) is 9.55. The Kier molecular flexibility index (Phi) is 3.55. The Hall–Kier alpha value is -3.12. The lowest BCUT2D eigenvalue weighted by molar-refractivity contribution is 1.32. The number of benzene rings is 5. The lowest BCUT2D eigenvalue weighted by Crippen LogP contribution is -1.91. The lowest BCUT2D eigenvalue weighted by Gasteiger charge is -2.15. The predicted octanol–water partition coefficient (Wildman–Crippen LogP) is 7.74. The summed E-state index contributed by atoms with van der Waals surface area (Å²) in [4.78, 5) is 0. The molecule has 0 aliphatic rings. The van der Waals surface area contributed by atoms with Crippen LogP contribution in [0.25, 0.3) is 43.4 Å². The molecule has 27 heavy (non-hydrogen) atoms. The maximum atomic E-state index is 2.30. The Morgan fingerprint density at radius 3 is 1.89 bits per heavy atom. The van der Waals surface area contributed by atoms with Crippen LogP contribution in [0.2, 0.25) is 0 Å². The molecule has 0 unspecified atom stereocenters. The van der Waals surface area contributed by atoms with Gasteiger partial charge in [0.15, 0.2) is 0 Å². The van der Waals surface area contributed by atoms with Crippen LogP contribution in [-0.2, 0) is 0 Å². The monoisotopic (exact) mass is 346 g/mol. The molecule has 5 aromatic rings. The van der Waals surface area contributed by atoms with Gasteiger partial charge in [-0.3, -0.25) is 0 Å². The molecule has 5 rings (SSSR count). The largest absolute Gasteiger partial charge is 0.0616 e. The number of aryl methyl sites for hydroxylation is 3. The fourth-order valence-electron chi connectivity index (χ4n) is 4.68. The van der Waals surface area contributed by atoms with Crippen molar-refractivity contribution in [2.45, 2.75) is 20.8 Å². The minimum atomic E-state index is 1.30. The predicted molar refractivity (Wildman–Crippen MR) is 119 cm³/mol. The van der Waals surface area contributed by atoms with Gasteiger partial charge in [0.1, 0.15) is 0 Å². The topological polar surface area (TPSA) is 0 Å². The van der Waals surface area contributed by atoms with Crippen molar-refractivity contribution in [3.63, 3.8) is 0 Å². The van der Waals surface area contributed by atoms with Crippen molar-refractivity contribution in [3.8, 4) is 11.1 Å². The molecule has 0 bridgehead atoms. The molecule has 0 aromatic heterocycles. The average Bonchev–Trinajstić information content (AvgIpc) is 2.67. The van der Waals surface area contributed by atoms with E-state index in [0.717, 1.165) is 0 Å². The van der Waals surface area contributed by atoms with E-state index < -0.39 is 0 Å². The molecule has 5 aromatic carbocycles. The second kappa shape index (κ2) is 5.96. The van der Waals surface area contributed by atoms with E-state index in [1.807, 2.05) is 0 Å². The highest BCUT2D eigenvalue weighted by molar-refractivity contribution is 6.19. The molecule has 0 heteroatoms. The van der Waals surface area contributed by atoms with Gasteiger partial charge in [-0.2, -0.15) is 0 Å². The van der Waals surface area contributed by atoms with Gasteiger partial charge in [-0.25, -0.2) is 0 Å². The van der Waals surface area contributed by atoms with Gasteiger partial charge < -0.3 is 0 Å². The van der Waals surface area contributed by atoms with Crippen molar-refractivity contribution in [3.05, 3.63) is 95.6 Å². The molecule has 0 fully saturated rings. The van der Waals surface area contributed by atoms with E-state index >= 15 is 0 Å². The minimum absolute atomic E-state index is 1.30. The number of hydrogen-bond acceptors (Lipinski definition) is 0. The third kappa shape index (κ3) is 2.44. The molecule has 0 radical (unpaired) electrons. The van der Waals surface area contributed by atoms with Crippen LogP contribution in [-0.4, -0.2) is 0 Å². The van der Waals surface area contributed by atoms with Gasteiger partial charge >= 0.3 is 0 Å². The zero-order valence-corrected chi connectivity index (χ0v) is 16.0. The van der Waals surface area contributed by atoms with Crippen LogP contribution in [0, 0.1) is 20.8 Å². The quantitative estimate of drug-likeness (QED) is 0.272. The Labute approximate surface area is 160 Å². The fraction of sp³-hybridized carbons (Fsp3) is 0.111. The summed E-state index contributed by atoms with van der Waals surface area (Å²) in [6.45, 7) is 6.62. The van der Waals surface area contributed by atoms with Crippen LogP contribution in [0.1, 0.15) is 16.7 Å². The highest BCUT2D eigenvalue weighted by atomic mass is 14.2. The number of rotatable bonds is 1. The molecule has 0 spiro atoms. The molecule has 0 saturated carbocycles. The minimum Gasteiger partial charge on any atom is -0.0616 e. The lowest BCUT2D eigenvalue weighted by atomic mass is 9.88. The first-order chi connectivity index (χ1) is 13.1. The van der Waals surface area contributed by atoms with Crippen molar-refractivity contribution >= 4 is 32.3 Å². The van der Waals surface area contributed by atoms with Crippen LogP contribution >= 0.6 is 0 Å². The molecular formula is C27H22. The van der Waals surface area contributed by atoms with E-state index in [1.165, 1.54) is 60.1 Å². The van der Waals surface area contributed by atoms with Crippen LogP contribution in [0.3, 0.4) is 0 Å². The molecule has 0 N–H and O–H groups in total. The number of hydrogen-bond donors (Lipinski definition) is 0. The van der Waals surface area contributed by atoms with Crippen LogP contribution in [0.15, 0.2) is 78.9 Å². The summed E-state index contributed by atoms with van der Waals surface area (Å²) in [5.41, 5.74) is 6.71. The summed E-state index contributed by atoms with van der Waals surface area (Å²) in [7, 11) is 0. The molecule has 0 atom stereocenters. The van der Waals surface area contributed by atoms with Gasteiger partial charge in [0.25, 0.3) is 0 Å². The van der Waals surface area contributed by atoms with Gasteiger partial charge in [0.2, 0.25) is 0 Å². The molecular weight excluding hydrogens is 324 g/mol. The Morgan fingerprint density at radius 2 is 1.07 bits per heavy atom. The first-order valence-corrected chi connectivity index (χ1v) is 9.55. The SMILES string of the molecule is Cc1cc(C)c(-c2cccc3c2ccc2c4ccccc4ccc32)c(C)c1. The van der Waals surface area contributed by atoms with Crippen LogP contribution in [0.5, 0.6) is 0 Å². The second-order valence-electron chi connectivity index (χ2n) is 7.62. The summed E-state index contributed by atoms with van der Waals surface area (Å²) in [6.07, 6.45) is 0. The zero-order valence-electron chi connectivity index (χ0n) is 16.0. The van der Waals surface area contributed by atoms with Crippen molar-refractivity contribution in [1.82, 2.24) is 0 Å². The van der Waals surface area contributed by atoms with Crippen molar-refractivity contribution in [2.24, 2.45) is 0 Å². The third-order valence-electron chi connectivity index (χ3n) is 5.73. The van der Waals surface area contributed by atoms with E-state index in [1.54, 1.807) is 0 Å². The van der Waals surface area contributed by atoms with Gasteiger partial charge in [0, 0.05) is 0 Å². The Bertz CT molecular complexity index is 1320. The summed E-state index contributed by atoms with van der Waals surface area (Å²) in [5, 5.41) is 7.94. The molecule has 0 aliphatic carbocycles. The van der Waals surface area contributed by atoms with E-state index in [-0.39, 0.29) is 0 Å². The van der Waals surface area contributed by atoms with Crippen molar-refractivity contribution in [1.29, 1.82) is 0 Å². The average molecular weight is 346 g/mol. The molecule has 0 amide bonds. The molecule has 0 aliphatic heterocycles. The van der Waals surface area contributed by atoms with Crippen molar-refractivity contribution < 1.29 is 0 Å². The Morgan fingerprint density at radius 1 is 0.481 bits per heavy atom. The van der Waals surface area contributed by atoms with E-state index in [9.17, 15) is 0 Å². The van der Waals surface area contributed by atoms with Gasteiger partial charge in [-0.15, -0.1) is 0 Å². The Balaban J connectivity index is 1.89. The molecule has 0 heterocycles. The molecule has 0 saturated heterocycles. The summed E-state index contributed by atoms with van der Waals surface area (Å²) in [6, 6.07) is 29.1. The highest BCUT2D eigenvalue weighted by Crippen LogP contribution is 2.38. The molecule has 0 nitrogen and oxygen atoms in total. The maximum absolute atomic E-state index is 2.30. The molecule has 130 valence electrons. The van der Waals surface area contributed by atoms with E-state index in [4.69, 9.17) is 0 Å². The van der Waals surface area contributed by atoms with Crippen molar-refractivity contribution in [2.75, 3.05) is 0 Å². The van der Waals surface area contributed by atoms with Crippen LogP contribution in [0.4, 0.5) is 0 Å². The van der Waals surface area contributed by atoms with E-state index in [2.05, 4.69) is 99.6 Å². The van der Waals surface area contributed by atoms with Gasteiger partial charge in [-0.05, 0) is 75.3 Å². The summed E-state index contributed by atoms with van der Waals surface area (Å²) >= 11 is 0. The fourth-order valence-corrected chi connectivity index (χ4v) is 4.68. The second-order valence-corrected chi connectivity index (χ2v) is 7.62. The van der Waals surface area contributed by atoms with Gasteiger partial charge in [0.05, 0.1) is 0 Å².